The zero-order valence-corrected chi connectivity index (χ0v) is 27.7. The number of carbonyl (C=O) groups excluding carboxylic acids is 2. The van der Waals surface area contributed by atoms with E-state index in [9.17, 15) is 19.8 Å². The summed E-state index contributed by atoms with van der Waals surface area (Å²) in [6, 6.07) is 10.1. The molecule has 0 aliphatic heterocycles. The van der Waals surface area contributed by atoms with Crippen LogP contribution >= 0.6 is 0 Å². The Labute approximate surface area is 267 Å². The second kappa shape index (κ2) is 23.4. The summed E-state index contributed by atoms with van der Waals surface area (Å²) < 4.78 is 0. The molecule has 44 heavy (non-hydrogen) atoms. The standard InChI is InChI=1S/C38H60N2O4/c1-3-5-7-9-11-13-15-17-19-21-23-31-25-27-33(35(41)29-31)37(43)39-40-38(44)34-28-26-32(30-36(34)42)24-22-20-18-16-14-12-10-8-6-4-2/h25-30,41-42H,3-24H2,1-2H3,(H,39,43)(H,40,44). The minimum atomic E-state index is -0.613. The largest absolute Gasteiger partial charge is 0.507 e. The summed E-state index contributed by atoms with van der Waals surface area (Å²) in [5.41, 5.74) is 6.86. The summed E-state index contributed by atoms with van der Waals surface area (Å²) in [6.45, 7) is 4.49. The van der Waals surface area contributed by atoms with Crippen LogP contribution in [0.1, 0.15) is 174 Å². The van der Waals surface area contributed by atoms with Crippen molar-refractivity contribution in [3.63, 3.8) is 0 Å². The molecule has 4 N–H and O–H groups in total. The molecule has 2 rings (SSSR count). The normalized spacial score (nSPS) is 11.0. The van der Waals surface area contributed by atoms with Crippen molar-refractivity contribution in [3.05, 3.63) is 58.7 Å². The van der Waals surface area contributed by atoms with E-state index >= 15 is 0 Å². The fourth-order valence-electron chi connectivity index (χ4n) is 5.73. The van der Waals surface area contributed by atoms with Gasteiger partial charge < -0.3 is 10.2 Å². The van der Waals surface area contributed by atoms with E-state index in [1.807, 2.05) is 12.1 Å². The first-order valence-electron chi connectivity index (χ1n) is 17.7. The van der Waals surface area contributed by atoms with Crippen LogP contribution in [0, 0.1) is 0 Å². The van der Waals surface area contributed by atoms with Crippen LogP contribution in [0.2, 0.25) is 0 Å². The van der Waals surface area contributed by atoms with Gasteiger partial charge in [0.05, 0.1) is 11.1 Å². The third kappa shape index (κ3) is 15.6. The van der Waals surface area contributed by atoms with Crippen LogP contribution < -0.4 is 10.9 Å². The monoisotopic (exact) mass is 608 g/mol. The van der Waals surface area contributed by atoms with Crippen LogP contribution in [0.5, 0.6) is 11.5 Å². The maximum absolute atomic E-state index is 12.6. The molecular weight excluding hydrogens is 548 g/mol. The number of hydrogen-bond donors (Lipinski definition) is 4. The number of unbranched alkanes of at least 4 members (excludes halogenated alkanes) is 18. The van der Waals surface area contributed by atoms with E-state index < -0.39 is 11.8 Å². The van der Waals surface area contributed by atoms with Crippen molar-refractivity contribution < 1.29 is 19.8 Å². The first kappa shape index (κ1) is 37.2. The van der Waals surface area contributed by atoms with E-state index in [2.05, 4.69) is 24.7 Å². The van der Waals surface area contributed by atoms with Gasteiger partial charge in [0.2, 0.25) is 0 Å². The van der Waals surface area contributed by atoms with Crippen LogP contribution in [-0.4, -0.2) is 22.0 Å². The lowest BCUT2D eigenvalue weighted by molar-refractivity contribution is 0.0843. The van der Waals surface area contributed by atoms with E-state index in [1.54, 1.807) is 24.3 Å². The molecule has 2 aromatic carbocycles. The van der Waals surface area contributed by atoms with Crippen LogP contribution in [0.25, 0.3) is 0 Å². The zero-order valence-electron chi connectivity index (χ0n) is 27.7. The molecule has 0 aliphatic rings. The van der Waals surface area contributed by atoms with Crippen LogP contribution in [0.3, 0.4) is 0 Å². The number of hydrazine groups is 1. The molecule has 2 amide bonds. The maximum Gasteiger partial charge on any atom is 0.273 e. The van der Waals surface area contributed by atoms with E-state index in [1.165, 1.54) is 103 Å². The number of phenols is 2. The number of aryl methyl sites for hydroxylation is 2. The lowest BCUT2D eigenvalue weighted by Gasteiger charge is -2.11. The van der Waals surface area contributed by atoms with Gasteiger partial charge in [-0.3, -0.25) is 20.4 Å². The zero-order chi connectivity index (χ0) is 31.8. The van der Waals surface area contributed by atoms with Crippen molar-refractivity contribution in [2.24, 2.45) is 0 Å². The molecule has 0 aliphatic carbocycles. The number of benzene rings is 2. The highest BCUT2D eigenvalue weighted by molar-refractivity contribution is 6.01. The molecule has 0 fully saturated rings. The number of phenolic OH excluding ortho intramolecular Hbond substituents is 2. The summed E-state index contributed by atoms with van der Waals surface area (Å²) in [5, 5.41) is 20.9. The number of carbonyl (C=O) groups is 2. The van der Waals surface area contributed by atoms with Crippen molar-refractivity contribution in [1.82, 2.24) is 10.9 Å². The Morgan fingerprint density at radius 1 is 0.477 bits per heavy atom. The number of hydrogen-bond acceptors (Lipinski definition) is 4. The SMILES string of the molecule is CCCCCCCCCCCCc1ccc(C(=O)NNC(=O)c2ccc(CCCCCCCCCCCC)cc2O)c(O)c1. The van der Waals surface area contributed by atoms with Gasteiger partial charge in [0, 0.05) is 0 Å². The maximum atomic E-state index is 12.6. The predicted octanol–water partition coefficient (Wildman–Crippen LogP) is 10.1. The molecule has 0 radical (unpaired) electrons. The third-order valence-electron chi connectivity index (χ3n) is 8.54. The molecule has 246 valence electrons. The highest BCUT2D eigenvalue weighted by atomic mass is 16.3. The number of nitrogens with one attached hydrogen (secondary N) is 2. The van der Waals surface area contributed by atoms with Crippen molar-refractivity contribution in [1.29, 1.82) is 0 Å². The van der Waals surface area contributed by atoms with E-state index in [-0.39, 0.29) is 22.6 Å². The Hall–Kier alpha value is -3.02. The van der Waals surface area contributed by atoms with Crippen molar-refractivity contribution in [2.45, 2.75) is 155 Å². The second-order valence-electron chi connectivity index (χ2n) is 12.5. The summed E-state index contributed by atoms with van der Waals surface area (Å²) in [6.07, 6.45) is 27.2. The Morgan fingerprint density at radius 3 is 1.07 bits per heavy atom. The van der Waals surface area contributed by atoms with Gasteiger partial charge in [-0.05, 0) is 61.1 Å². The minimum Gasteiger partial charge on any atom is -0.507 e. The smallest absolute Gasteiger partial charge is 0.273 e. The van der Waals surface area contributed by atoms with Gasteiger partial charge in [0.25, 0.3) is 11.8 Å². The fraction of sp³-hybridized carbons (Fsp3) is 0.632. The molecule has 0 atom stereocenters. The molecule has 0 aromatic heterocycles. The van der Waals surface area contributed by atoms with E-state index in [0.717, 1.165) is 49.7 Å². The van der Waals surface area contributed by atoms with E-state index in [4.69, 9.17) is 0 Å². The average Bonchev–Trinajstić information content (AvgIpc) is 3.01. The Bertz CT molecular complexity index is 999. The molecule has 2 aromatic rings. The third-order valence-corrected chi connectivity index (χ3v) is 8.54. The van der Waals surface area contributed by atoms with Gasteiger partial charge in [0.15, 0.2) is 0 Å². The van der Waals surface area contributed by atoms with Gasteiger partial charge in [-0.2, -0.15) is 0 Å². The summed E-state index contributed by atoms with van der Waals surface area (Å²) in [7, 11) is 0. The Balaban J connectivity index is 1.65. The molecule has 0 unspecified atom stereocenters. The summed E-state index contributed by atoms with van der Waals surface area (Å²) in [4.78, 5) is 25.2. The van der Waals surface area contributed by atoms with Crippen LogP contribution in [-0.2, 0) is 12.8 Å². The number of amides is 2. The molecule has 0 spiro atoms. The van der Waals surface area contributed by atoms with Gasteiger partial charge in [-0.1, -0.05) is 142 Å². The minimum absolute atomic E-state index is 0.0909. The van der Waals surface area contributed by atoms with E-state index in [0.29, 0.717) is 0 Å². The molecule has 0 saturated carbocycles. The molecule has 6 heteroatoms. The summed E-state index contributed by atoms with van der Waals surface area (Å²) in [5.74, 6) is -1.45. The predicted molar refractivity (Wildman–Crippen MR) is 182 cm³/mol. The van der Waals surface area contributed by atoms with Gasteiger partial charge in [-0.15, -0.1) is 0 Å². The van der Waals surface area contributed by atoms with Crippen LogP contribution in [0.15, 0.2) is 36.4 Å². The summed E-state index contributed by atoms with van der Waals surface area (Å²) >= 11 is 0. The van der Waals surface area contributed by atoms with Crippen molar-refractivity contribution >= 4 is 11.8 Å². The quantitative estimate of drug-likeness (QED) is 0.0704. The fourth-order valence-corrected chi connectivity index (χ4v) is 5.73. The molecule has 6 nitrogen and oxygen atoms in total. The highest BCUT2D eigenvalue weighted by Crippen LogP contribution is 2.22. The average molecular weight is 609 g/mol. The van der Waals surface area contributed by atoms with Crippen molar-refractivity contribution in [2.75, 3.05) is 0 Å². The highest BCUT2D eigenvalue weighted by Gasteiger charge is 2.16. The Kier molecular flexibility index (Phi) is 19.7. The topological polar surface area (TPSA) is 98.7 Å². The van der Waals surface area contributed by atoms with Crippen molar-refractivity contribution in [3.8, 4) is 11.5 Å². The van der Waals surface area contributed by atoms with Crippen LogP contribution in [0.4, 0.5) is 0 Å². The number of rotatable bonds is 24. The first-order valence-corrected chi connectivity index (χ1v) is 17.7. The Morgan fingerprint density at radius 2 is 0.773 bits per heavy atom. The van der Waals surface area contributed by atoms with Gasteiger partial charge in [0.1, 0.15) is 11.5 Å². The molecule has 0 saturated heterocycles. The molecule has 0 bridgehead atoms. The molecular formula is C38H60N2O4. The first-order chi connectivity index (χ1) is 21.5. The second-order valence-corrected chi connectivity index (χ2v) is 12.5. The van der Waals surface area contributed by atoms with Gasteiger partial charge in [-0.25, -0.2) is 0 Å². The lowest BCUT2D eigenvalue weighted by atomic mass is 10.0. The van der Waals surface area contributed by atoms with Gasteiger partial charge >= 0.3 is 0 Å². The number of aromatic hydroxyl groups is 2. The lowest BCUT2D eigenvalue weighted by Crippen LogP contribution is -2.41. The molecule has 0 heterocycles.